The first-order valence-electron chi connectivity index (χ1n) is 5.14. The molecular formula is C12H8F3NOS. The van der Waals surface area contributed by atoms with Gasteiger partial charge in [-0.2, -0.15) is 18.4 Å². The number of nitrogens with zero attached hydrogens (tertiary/aromatic N) is 1. The van der Waals surface area contributed by atoms with Crippen LogP contribution in [0, 0.1) is 11.3 Å². The van der Waals surface area contributed by atoms with Gasteiger partial charge >= 0.3 is 5.51 Å². The summed E-state index contributed by atoms with van der Waals surface area (Å²) < 4.78 is 36.8. The Morgan fingerprint density at radius 1 is 1.33 bits per heavy atom. The summed E-state index contributed by atoms with van der Waals surface area (Å²) in [5.41, 5.74) is -4.80. The molecule has 1 aliphatic carbocycles. The summed E-state index contributed by atoms with van der Waals surface area (Å²) in [6.07, 6.45) is 0.174. The van der Waals surface area contributed by atoms with Gasteiger partial charge in [0.15, 0.2) is 0 Å². The van der Waals surface area contributed by atoms with Gasteiger partial charge in [-0.25, -0.2) is 0 Å². The van der Waals surface area contributed by atoms with E-state index < -0.39 is 10.9 Å². The number of ketones is 1. The second-order valence-corrected chi connectivity index (χ2v) is 5.30. The van der Waals surface area contributed by atoms with Gasteiger partial charge in [-0.15, -0.1) is 0 Å². The predicted octanol–water partition coefficient (Wildman–Crippen LogP) is 3.42. The van der Waals surface area contributed by atoms with Crippen LogP contribution in [0.25, 0.3) is 0 Å². The second kappa shape index (κ2) is 4.32. The Balaban J connectivity index is 2.28. The first-order chi connectivity index (χ1) is 8.35. The maximum Gasteiger partial charge on any atom is 0.446 e. The molecule has 0 atom stereocenters. The molecule has 0 radical (unpaired) electrons. The molecule has 2 nitrogen and oxygen atoms in total. The van der Waals surface area contributed by atoms with E-state index in [-0.39, 0.29) is 35.3 Å². The molecule has 1 saturated carbocycles. The summed E-state index contributed by atoms with van der Waals surface area (Å²) in [7, 11) is 0. The molecular weight excluding hydrogens is 263 g/mol. The van der Waals surface area contributed by atoms with Crippen LogP contribution in [0.2, 0.25) is 0 Å². The maximum atomic E-state index is 12.3. The third kappa shape index (κ3) is 2.51. The Hall–Kier alpha value is -1.48. The number of thioether (sulfide) groups is 1. The molecule has 0 amide bonds. The van der Waals surface area contributed by atoms with Crippen LogP contribution in [-0.2, 0) is 10.2 Å². The zero-order valence-corrected chi connectivity index (χ0v) is 9.94. The Kier molecular flexibility index (Phi) is 3.11. The lowest BCUT2D eigenvalue weighted by atomic mass is 9.65. The predicted molar refractivity (Wildman–Crippen MR) is 59.9 cm³/mol. The van der Waals surface area contributed by atoms with E-state index in [9.17, 15) is 18.0 Å². The minimum atomic E-state index is -4.35. The number of halogens is 3. The molecule has 0 unspecified atom stereocenters. The molecule has 1 aromatic carbocycles. The van der Waals surface area contributed by atoms with E-state index in [0.29, 0.717) is 5.56 Å². The van der Waals surface area contributed by atoms with Gasteiger partial charge in [0.1, 0.15) is 5.78 Å². The van der Waals surface area contributed by atoms with Gasteiger partial charge in [0.25, 0.3) is 0 Å². The average Bonchev–Trinajstić information content (AvgIpc) is 2.22. The van der Waals surface area contributed by atoms with Crippen molar-refractivity contribution in [3.8, 4) is 6.07 Å². The van der Waals surface area contributed by atoms with E-state index >= 15 is 0 Å². The van der Waals surface area contributed by atoms with Crippen LogP contribution in [0.1, 0.15) is 18.4 Å². The highest BCUT2D eigenvalue weighted by molar-refractivity contribution is 8.00. The molecule has 0 bridgehead atoms. The van der Waals surface area contributed by atoms with Gasteiger partial charge in [-0.05, 0) is 29.5 Å². The Bertz CT molecular complexity index is 525. The summed E-state index contributed by atoms with van der Waals surface area (Å²) in [6.45, 7) is 0. The number of hydrogen-bond acceptors (Lipinski definition) is 3. The van der Waals surface area contributed by atoms with E-state index in [1.807, 2.05) is 6.07 Å². The summed E-state index contributed by atoms with van der Waals surface area (Å²) in [5.74, 6) is -0.0366. The van der Waals surface area contributed by atoms with Crippen molar-refractivity contribution in [1.29, 1.82) is 5.26 Å². The third-order valence-electron chi connectivity index (χ3n) is 2.83. The van der Waals surface area contributed by atoms with E-state index in [0.717, 1.165) is 0 Å². The van der Waals surface area contributed by atoms with Crippen molar-refractivity contribution in [1.82, 2.24) is 0 Å². The van der Waals surface area contributed by atoms with Gasteiger partial charge in [-0.3, -0.25) is 4.79 Å². The highest BCUT2D eigenvalue weighted by Crippen LogP contribution is 2.43. The highest BCUT2D eigenvalue weighted by Gasteiger charge is 2.45. The lowest BCUT2D eigenvalue weighted by Gasteiger charge is -2.34. The zero-order chi connectivity index (χ0) is 13.4. The van der Waals surface area contributed by atoms with E-state index in [2.05, 4.69) is 0 Å². The summed E-state index contributed by atoms with van der Waals surface area (Å²) >= 11 is -0.217. The largest absolute Gasteiger partial charge is 0.446 e. The molecule has 0 aromatic heterocycles. The van der Waals surface area contributed by atoms with Crippen LogP contribution in [0.15, 0.2) is 29.2 Å². The molecule has 0 saturated heterocycles. The maximum absolute atomic E-state index is 12.3. The fourth-order valence-electron chi connectivity index (χ4n) is 1.96. The number of rotatable bonds is 2. The monoisotopic (exact) mass is 271 g/mol. The Morgan fingerprint density at radius 2 is 2.00 bits per heavy atom. The van der Waals surface area contributed by atoms with Gasteiger partial charge in [0.2, 0.25) is 0 Å². The number of carbonyl (C=O) groups excluding carboxylic acids is 1. The molecule has 2 rings (SSSR count). The van der Waals surface area contributed by atoms with Gasteiger partial charge in [-0.1, -0.05) is 12.1 Å². The van der Waals surface area contributed by atoms with Crippen molar-refractivity contribution in [2.45, 2.75) is 28.7 Å². The second-order valence-electron chi connectivity index (χ2n) is 4.16. The SMILES string of the molecule is N#CC1(c2cccc(SC(F)(F)F)c2)CC(=O)C1. The number of nitriles is 1. The minimum Gasteiger partial charge on any atom is -0.300 e. The Morgan fingerprint density at radius 3 is 2.50 bits per heavy atom. The molecule has 94 valence electrons. The summed E-state index contributed by atoms with van der Waals surface area (Å²) in [6, 6.07) is 7.79. The first kappa shape index (κ1) is 13.0. The van der Waals surface area contributed by atoms with Crippen molar-refractivity contribution >= 4 is 17.5 Å². The topological polar surface area (TPSA) is 40.9 Å². The molecule has 1 aliphatic rings. The van der Waals surface area contributed by atoms with Gasteiger partial charge < -0.3 is 0 Å². The molecule has 6 heteroatoms. The molecule has 1 aromatic rings. The molecule has 0 spiro atoms. The summed E-state index contributed by atoms with van der Waals surface area (Å²) in [4.78, 5) is 11.1. The van der Waals surface area contributed by atoms with Crippen LogP contribution >= 0.6 is 11.8 Å². The van der Waals surface area contributed by atoms with E-state index in [1.165, 1.54) is 18.2 Å². The van der Waals surface area contributed by atoms with Crippen molar-refractivity contribution in [3.63, 3.8) is 0 Å². The molecule has 18 heavy (non-hydrogen) atoms. The van der Waals surface area contributed by atoms with Crippen LogP contribution < -0.4 is 0 Å². The molecule has 0 N–H and O–H groups in total. The van der Waals surface area contributed by atoms with Crippen LogP contribution in [-0.4, -0.2) is 11.3 Å². The fourth-order valence-corrected chi connectivity index (χ4v) is 2.56. The molecule has 0 heterocycles. The average molecular weight is 271 g/mol. The summed E-state index contributed by atoms with van der Waals surface area (Å²) in [5, 5.41) is 9.10. The standard InChI is InChI=1S/C12H8F3NOS/c13-12(14,15)18-10-3-1-2-8(4-10)11(7-16)5-9(17)6-11/h1-4H,5-6H2. The number of Topliss-reactive ketones (excluding diaryl/α,β-unsaturated/α-hetero) is 1. The van der Waals surface area contributed by atoms with E-state index in [1.54, 1.807) is 6.07 Å². The van der Waals surface area contributed by atoms with Crippen LogP contribution in [0.3, 0.4) is 0 Å². The van der Waals surface area contributed by atoms with Gasteiger partial charge in [0.05, 0.1) is 11.5 Å². The first-order valence-corrected chi connectivity index (χ1v) is 5.96. The quantitative estimate of drug-likeness (QED) is 0.774. The molecule has 1 fully saturated rings. The van der Waals surface area contributed by atoms with Gasteiger partial charge in [0, 0.05) is 17.7 Å². The number of benzene rings is 1. The van der Waals surface area contributed by atoms with Crippen molar-refractivity contribution in [3.05, 3.63) is 29.8 Å². The smallest absolute Gasteiger partial charge is 0.300 e. The highest BCUT2D eigenvalue weighted by atomic mass is 32.2. The van der Waals surface area contributed by atoms with Crippen LogP contribution in [0.4, 0.5) is 13.2 Å². The van der Waals surface area contributed by atoms with Crippen molar-refractivity contribution < 1.29 is 18.0 Å². The number of hydrogen-bond donors (Lipinski definition) is 0. The number of carbonyl (C=O) groups is 1. The number of alkyl halides is 3. The van der Waals surface area contributed by atoms with Crippen molar-refractivity contribution in [2.24, 2.45) is 0 Å². The normalized spacial score (nSPS) is 18.0. The molecule has 0 aliphatic heterocycles. The lowest BCUT2D eigenvalue weighted by molar-refractivity contribution is -0.126. The zero-order valence-electron chi connectivity index (χ0n) is 9.12. The lowest BCUT2D eigenvalue weighted by Crippen LogP contribution is -2.40. The van der Waals surface area contributed by atoms with E-state index in [4.69, 9.17) is 5.26 Å². The third-order valence-corrected chi connectivity index (χ3v) is 3.55. The minimum absolute atomic E-state index is 0.0361. The van der Waals surface area contributed by atoms with Crippen LogP contribution in [0.5, 0.6) is 0 Å². The van der Waals surface area contributed by atoms with Crippen molar-refractivity contribution in [2.75, 3.05) is 0 Å². The fraction of sp³-hybridized carbons (Fsp3) is 0.333. The Labute approximate surface area is 106 Å².